The van der Waals surface area contributed by atoms with Crippen LogP contribution in [0.3, 0.4) is 0 Å². The fraction of sp³-hybridized carbons (Fsp3) is 0.600. The van der Waals surface area contributed by atoms with Gasteiger partial charge in [0.1, 0.15) is 5.82 Å². The molecule has 2 aromatic heterocycles. The van der Waals surface area contributed by atoms with Crippen LogP contribution in [0.2, 0.25) is 0 Å². The summed E-state index contributed by atoms with van der Waals surface area (Å²) in [5, 5.41) is 4.44. The van der Waals surface area contributed by atoms with E-state index in [2.05, 4.69) is 30.3 Å². The maximum absolute atomic E-state index is 5.64. The molecule has 1 atom stereocenters. The van der Waals surface area contributed by atoms with Crippen molar-refractivity contribution in [3.05, 3.63) is 36.2 Å². The monoisotopic (exact) mass is 289 g/mol. The topological polar surface area (TPSA) is 48.1 Å². The standard InChI is InChI=1S/C15H23N5O/c1-3-21-12-13-8-19(11-15-16-6-7-18(15)2)10-14-4-5-17-20(14)9-13/h4-7,13H,3,8-12H2,1-2H3. The zero-order valence-electron chi connectivity index (χ0n) is 12.8. The van der Waals surface area contributed by atoms with Gasteiger partial charge in [-0.2, -0.15) is 5.10 Å². The van der Waals surface area contributed by atoms with Crippen LogP contribution in [0.1, 0.15) is 18.4 Å². The molecule has 21 heavy (non-hydrogen) atoms. The average molecular weight is 289 g/mol. The number of ether oxygens (including phenoxy) is 1. The highest BCUT2D eigenvalue weighted by molar-refractivity contribution is 5.03. The number of fused-ring (bicyclic) bond motifs is 1. The van der Waals surface area contributed by atoms with E-state index in [1.54, 1.807) is 0 Å². The minimum absolute atomic E-state index is 0.464. The molecule has 1 aliphatic rings. The van der Waals surface area contributed by atoms with E-state index in [0.29, 0.717) is 5.92 Å². The summed E-state index contributed by atoms with van der Waals surface area (Å²) in [5.41, 5.74) is 1.27. The Morgan fingerprint density at radius 1 is 1.33 bits per heavy atom. The smallest absolute Gasteiger partial charge is 0.122 e. The van der Waals surface area contributed by atoms with Crippen LogP contribution in [0, 0.1) is 5.92 Å². The number of nitrogens with zero attached hydrogens (tertiary/aromatic N) is 5. The van der Waals surface area contributed by atoms with E-state index < -0.39 is 0 Å². The van der Waals surface area contributed by atoms with Gasteiger partial charge in [0.05, 0.1) is 18.8 Å². The lowest BCUT2D eigenvalue weighted by atomic mass is 10.1. The minimum Gasteiger partial charge on any atom is -0.381 e. The summed E-state index contributed by atoms with van der Waals surface area (Å²) in [6.07, 6.45) is 5.74. The SMILES string of the molecule is CCOCC1CN(Cc2nccn2C)Cc2ccnn2C1. The van der Waals surface area contributed by atoms with Gasteiger partial charge in [-0.15, -0.1) is 0 Å². The number of hydrogen-bond acceptors (Lipinski definition) is 4. The Hall–Kier alpha value is -1.66. The highest BCUT2D eigenvalue weighted by Gasteiger charge is 2.23. The van der Waals surface area contributed by atoms with Crippen molar-refractivity contribution in [3.63, 3.8) is 0 Å². The molecule has 0 amide bonds. The lowest BCUT2D eigenvalue weighted by Crippen LogP contribution is -2.30. The largest absolute Gasteiger partial charge is 0.381 e. The second kappa shape index (κ2) is 6.41. The normalized spacial score (nSPS) is 19.4. The van der Waals surface area contributed by atoms with Crippen LogP contribution in [0.4, 0.5) is 0 Å². The van der Waals surface area contributed by atoms with E-state index in [4.69, 9.17) is 4.74 Å². The lowest BCUT2D eigenvalue weighted by Gasteiger charge is -2.23. The van der Waals surface area contributed by atoms with Gasteiger partial charge in [0, 0.05) is 57.8 Å². The number of rotatable bonds is 5. The third-order valence-corrected chi connectivity index (χ3v) is 3.98. The number of imidazole rings is 1. The van der Waals surface area contributed by atoms with E-state index in [0.717, 1.165) is 45.2 Å². The molecule has 0 spiro atoms. The highest BCUT2D eigenvalue weighted by Crippen LogP contribution is 2.18. The predicted molar refractivity (Wildman–Crippen MR) is 79.5 cm³/mol. The summed E-state index contributed by atoms with van der Waals surface area (Å²) in [6.45, 7) is 7.30. The molecule has 0 saturated carbocycles. The highest BCUT2D eigenvalue weighted by atomic mass is 16.5. The lowest BCUT2D eigenvalue weighted by molar-refractivity contribution is 0.0834. The van der Waals surface area contributed by atoms with E-state index >= 15 is 0 Å². The van der Waals surface area contributed by atoms with Crippen LogP contribution < -0.4 is 0 Å². The van der Waals surface area contributed by atoms with Crippen LogP contribution in [0.25, 0.3) is 0 Å². The third-order valence-electron chi connectivity index (χ3n) is 3.98. The molecule has 1 unspecified atom stereocenters. The average Bonchev–Trinajstić information content (AvgIpc) is 3.03. The number of hydrogen-bond donors (Lipinski definition) is 0. The first-order valence-corrected chi connectivity index (χ1v) is 7.53. The molecule has 0 fully saturated rings. The van der Waals surface area contributed by atoms with Crippen molar-refractivity contribution in [2.75, 3.05) is 19.8 Å². The van der Waals surface area contributed by atoms with Crippen molar-refractivity contribution >= 4 is 0 Å². The van der Waals surface area contributed by atoms with Crippen LogP contribution in [-0.2, 0) is 31.4 Å². The van der Waals surface area contributed by atoms with Crippen molar-refractivity contribution in [1.82, 2.24) is 24.2 Å². The van der Waals surface area contributed by atoms with Crippen LogP contribution in [0.5, 0.6) is 0 Å². The van der Waals surface area contributed by atoms with Gasteiger partial charge in [-0.1, -0.05) is 0 Å². The fourth-order valence-electron chi connectivity index (χ4n) is 2.88. The third kappa shape index (κ3) is 3.33. The maximum atomic E-state index is 5.64. The quantitative estimate of drug-likeness (QED) is 0.832. The first-order chi connectivity index (χ1) is 10.3. The first kappa shape index (κ1) is 14.3. The Morgan fingerprint density at radius 2 is 2.24 bits per heavy atom. The van der Waals surface area contributed by atoms with Crippen LogP contribution in [0.15, 0.2) is 24.7 Å². The molecule has 1 aliphatic heterocycles. The van der Waals surface area contributed by atoms with Gasteiger partial charge in [0.2, 0.25) is 0 Å². The molecule has 0 bridgehead atoms. The zero-order valence-corrected chi connectivity index (χ0v) is 12.8. The van der Waals surface area contributed by atoms with Crippen LogP contribution in [-0.4, -0.2) is 44.0 Å². The zero-order chi connectivity index (χ0) is 14.7. The molecular formula is C15H23N5O. The van der Waals surface area contributed by atoms with E-state index in [1.165, 1.54) is 5.69 Å². The second-order valence-corrected chi connectivity index (χ2v) is 5.65. The van der Waals surface area contributed by atoms with E-state index in [-0.39, 0.29) is 0 Å². The summed E-state index contributed by atoms with van der Waals surface area (Å²) in [4.78, 5) is 6.88. The Bertz CT molecular complexity index is 576. The van der Waals surface area contributed by atoms with Gasteiger partial charge in [-0.25, -0.2) is 4.98 Å². The van der Waals surface area contributed by atoms with Gasteiger partial charge in [-0.3, -0.25) is 9.58 Å². The first-order valence-electron chi connectivity index (χ1n) is 7.53. The van der Waals surface area contributed by atoms with Gasteiger partial charge < -0.3 is 9.30 Å². The number of aryl methyl sites for hydroxylation is 1. The summed E-state index contributed by atoms with van der Waals surface area (Å²) in [6, 6.07) is 2.11. The molecule has 6 nitrogen and oxygen atoms in total. The van der Waals surface area contributed by atoms with E-state index in [9.17, 15) is 0 Å². The molecule has 114 valence electrons. The van der Waals surface area contributed by atoms with Gasteiger partial charge in [0.25, 0.3) is 0 Å². The maximum Gasteiger partial charge on any atom is 0.122 e. The van der Waals surface area contributed by atoms with Crippen molar-refractivity contribution in [3.8, 4) is 0 Å². The molecule has 2 aromatic rings. The van der Waals surface area contributed by atoms with Gasteiger partial charge in [-0.05, 0) is 13.0 Å². The summed E-state index contributed by atoms with van der Waals surface area (Å²) in [7, 11) is 2.04. The second-order valence-electron chi connectivity index (χ2n) is 5.65. The Kier molecular flexibility index (Phi) is 4.36. The Morgan fingerprint density at radius 3 is 3.00 bits per heavy atom. The molecule has 0 aromatic carbocycles. The molecule has 0 aliphatic carbocycles. The summed E-state index contributed by atoms with van der Waals surface area (Å²) < 4.78 is 9.84. The molecule has 3 rings (SSSR count). The van der Waals surface area contributed by atoms with Crippen molar-refractivity contribution < 1.29 is 4.74 Å². The Balaban J connectivity index is 1.75. The summed E-state index contributed by atoms with van der Waals surface area (Å²) >= 11 is 0. The molecule has 3 heterocycles. The van der Waals surface area contributed by atoms with Crippen molar-refractivity contribution in [2.45, 2.75) is 26.6 Å². The summed E-state index contributed by atoms with van der Waals surface area (Å²) in [5.74, 6) is 1.56. The Labute approximate surface area is 125 Å². The number of aromatic nitrogens is 4. The predicted octanol–water partition coefficient (Wildman–Crippen LogP) is 1.29. The molecule has 0 saturated heterocycles. The minimum atomic E-state index is 0.464. The molecular weight excluding hydrogens is 266 g/mol. The van der Waals surface area contributed by atoms with Crippen molar-refractivity contribution in [1.29, 1.82) is 0 Å². The van der Waals surface area contributed by atoms with Crippen molar-refractivity contribution in [2.24, 2.45) is 13.0 Å². The molecule has 0 N–H and O–H groups in total. The van der Waals surface area contributed by atoms with Gasteiger partial charge in [0.15, 0.2) is 0 Å². The molecule has 6 heteroatoms. The van der Waals surface area contributed by atoms with Crippen LogP contribution >= 0.6 is 0 Å². The van der Waals surface area contributed by atoms with Gasteiger partial charge >= 0.3 is 0 Å². The van der Waals surface area contributed by atoms with E-state index in [1.807, 2.05) is 32.6 Å². The fourth-order valence-corrected chi connectivity index (χ4v) is 2.88. The molecule has 0 radical (unpaired) electrons.